The van der Waals surface area contributed by atoms with Gasteiger partial charge in [-0.05, 0) is 73.2 Å². The van der Waals surface area contributed by atoms with Crippen LogP contribution in [0.25, 0.3) is 0 Å². The first-order chi connectivity index (χ1) is 19.8. The van der Waals surface area contributed by atoms with Gasteiger partial charge >= 0.3 is 0 Å². The third kappa shape index (κ3) is 9.62. The molecule has 8 heteroatoms. The maximum atomic E-state index is 12.5. The van der Waals surface area contributed by atoms with E-state index in [1.165, 1.54) is 18.4 Å². The molecule has 222 valence electrons. The molecule has 0 aliphatic carbocycles. The van der Waals surface area contributed by atoms with Crippen LogP contribution < -0.4 is 15.4 Å². The van der Waals surface area contributed by atoms with E-state index in [9.17, 15) is 13.2 Å². The Morgan fingerprint density at radius 1 is 0.878 bits per heavy atom. The molecule has 3 rings (SSSR count). The highest BCUT2D eigenvalue weighted by atomic mass is 32.2. The van der Waals surface area contributed by atoms with Gasteiger partial charge in [0.15, 0.2) is 0 Å². The number of nitrogens with one attached hydrogen (secondary N) is 2. The Labute approximate surface area is 250 Å². The van der Waals surface area contributed by atoms with Gasteiger partial charge in [-0.2, -0.15) is 0 Å². The summed E-state index contributed by atoms with van der Waals surface area (Å²) in [6, 6.07) is 21.7. The fraction of sp³-hybridized carbons (Fsp3) is 0.424. The minimum Gasteiger partial charge on any atom is -0.493 e. The molecule has 0 aliphatic rings. The monoisotopic (exact) mass is 596 g/mol. The lowest BCUT2D eigenvalue weighted by atomic mass is 9.91. The highest BCUT2D eigenvalue weighted by Crippen LogP contribution is 2.32. The van der Waals surface area contributed by atoms with Gasteiger partial charge in [-0.3, -0.25) is 13.2 Å². The molecule has 0 bridgehead atoms. The Balaban J connectivity index is 1.58. The summed E-state index contributed by atoms with van der Waals surface area (Å²) in [7, 11) is -0.331. The van der Waals surface area contributed by atoms with Crippen molar-refractivity contribution in [3.05, 3.63) is 89.0 Å². The fourth-order valence-electron chi connectivity index (χ4n) is 4.98. The molecular formula is C33H44N2O4S2. The van der Waals surface area contributed by atoms with Crippen LogP contribution in [0, 0.1) is 0 Å². The van der Waals surface area contributed by atoms with Crippen molar-refractivity contribution in [2.45, 2.75) is 74.2 Å². The van der Waals surface area contributed by atoms with Crippen molar-refractivity contribution in [3.8, 4) is 5.75 Å². The summed E-state index contributed by atoms with van der Waals surface area (Å²) in [5.74, 6) is 1.22. The van der Waals surface area contributed by atoms with Crippen LogP contribution in [-0.2, 0) is 32.9 Å². The van der Waals surface area contributed by atoms with Crippen LogP contribution in [0.5, 0.6) is 5.75 Å². The van der Waals surface area contributed by atoms with E-state index in [0.29, 0.717) is 42.6 Å². The lowest BCUT2D eigenvalue weighted by molar-refractivity contribution is -0.121. The van der Waals surface area contributed by atoms with Crippen molar-refractivity contribution in [1.82, 2.24) is 10.6 Å². The van der Waals surface area contributed by atoms with E-state index in [4.69, 9.17) is 4.74 Å². The lowest BCUT2D eigenvalue weighted by Gasteiger charge is -2.21. The number of carbonyl (C=O) groups excluding carboxylic acids is 1. The number of hydrogen-bond donors (Lipinski definition) is 2. The van der Waals surface area contributed by atoms with E-state index in [1.54, 1.807) is 12.5 Å². The molecule has 0 aliphatic heterocycles. The van der Waals surface area contributed by atoms with E-state index in [1.807, 2.05) is 49.5 Å². The van der Waals surface area contributed by atoms with Crippen molar-refractivity contribution in [2.24, 2.45) is 0 Å². The molecule has 0 saturated carbocycles. The zero-order chi connectivity index (χ0) is 29.8. The molecule has 0 fully saturated rings. The average Bonchev–Trinajstić information content (AvgIpc) is 2.98. The van der Waals surface area contributed by atoms with Gasteiger partial charge in [0.05, 0.1) is 12.6 Å². The standard InChI is InChI=1S/C33H44N2O4S2/c1-6-9-25(7-2)26-13-11-24(12-14-26)23-35-32(36)10-8-21-39-31-22-29(41(5)38)19-20-30(31)33(34-3)27-15-17-28(18-16-27)40(4)37/h11-20,22,25,33-34H,6-10,21,23H2,1-5H3,(H,35,36). The van der Waals surface area contributed by atoms with Crippen molar-refractivity contribution in [1.29, 1.82) is 0 Å². The first kappa shape index (κ1) is 32.7. The molecule has 4 atom stereocenters. The van der Waals surface area contributed by atoms with Gasteiger partial charge in [0.2, 0.25) is 5.91 Å². The predicted molar refractivity (Wildman–Crippen MR) is 169 cm³/mol. The van der Waals surface area contributed by atoms with E-state index in [-0.39, 0.29) is 11.9 Å². The lowest BCUT2D eigenvalue weighted by Crippen LogP contribution is -2.23. The number of amides is 1. The van der Waals surface area contributed by atoms with E-state index in [0.717, 1.165) is 28.0 Å². The quantitative estimate of drug-likeness (QED) is 0.191. The summed E-state index contributed by atoms with van der Waals surface area (Å²) in [5, 5.41) is 6.35. The first-order valence-corrected chi connectivity index (χ1v) is 17.4. The topological polar surface area (TPSA) is 84.5 Å². The van der Waals surface area contributed by atoms with Gasteiger partial charge in [0, 0.05) is 62.4 Å². The number of hydrogen-bond acceptors (Lipinski definition) is 5. The Kier molecular flexibility index (Phi) is 13.2. The summed E-state index contributed by atoms with van der Waals surface area (Å²) in [6.07, 6.45) is 7.72. The van der Waals surface area contributed by atoms with Crippen LogP contribution in [0.15, 0.2) is 76.5 Å². The SMILES string of the molecule is CCCC(CC)c1ccc(CNC(=O)CCCOc2cc(S(C)=O)ccc2C(NC)c2ccc(S(C)=O)cc2)cc1. The molecule has 4 unspecified atom stereocenters. The molecule has 0 aromatic heterocycles. The van der Waals surface area contributed by atoms with Gasteiger partial charge in [-0.15, -0.1) is 0 Å². The zero-order valence-corrected chi connectivity index (χ0v) is 26.5. The maximum absolute atomic E-state index is 12.5. The van der Waals surface area contributed by atoms with E-state index >= 15 is 0 Å². The van der Waals surface area contributed by atoms with Crippen LogP contribution in [0.2, 0.25) is 0 Å². The maximum Gasteiger partial charge on any atom is 0.220 e. The highest BCUT2D eigenvalue weighted by molar-refractivity contribution is 7.84. The fourth-order valence-corrected chi connectivity index (χ4v) is 6.03. The second-order valence-electron chi connectivity index (χ2n) is 10.3. The van der Waals surface area contributed by atoms with Crippen LogP contribution in [-0.4, -0.2) is 40.5 Å². The molecule has 1 amide bonds. The average molecular weight is 597 g/mol. The molecule has 6 nitrogen and oxygen atoms in total. The molecule has 0 heterocycles. The third-order valence-electron chi connectivity index (χ3n) is 7.34. The second kappa shape index (κ2) is 16.6. The summed E-state index contributed by atoms with van der Waals surface area (Å²) >= 11 is 0. The smallest absolute Gasteiger partial charge is 0.220 e. The molecule has 0 radical (unpaired) electrons. The predicted octanol–water partition coefficient (Wildman–Crippen LogP) is 6.24. The van der Waals surface area contributed by atoms with Gasteiger partial charge in [-0.1, -0.05) is 62.7 Å². The van der Waals surface area contributed by atoms with Crippen molar-refractivity contribution < 1.29 is 17.9 Å². The van der Waals surface area contributed by atoms with Gasteiger partial charge in [0.1, 0.15) is 5.75 Å². The Morgan fingerprint density at radius 2 is 1.51 bits per heavy atom. The van der Waals surface area contributed by atoms with Crippen LogP contribution >= 0.6 is 0 Å². The van der Waals surface area contributed by atoms with Crippen LogP contribution in [0.4, 0.5) is 0 Å². The van der Waals surface area contributed by atoms with Crippen molar-refractivity contribution >= 4 is 27.5 Å². The first-order valence-electron chi connectivity index (χ1n) is 14.3. The van der Waals surface area contributed by atoms with Crippen molar-refractivity contribution in [2.75, 3.05) is 26.2 Å². The molecule has 2 N–H and O–H groups in total. The molecular weight excluding hydrogens is 553 g/mol. The summed E-state index contributed by atoms with van der Waals surface area (Å²) in [5.41, 5.74) is 4.37. The summed E-state index contributed by atoms with van der Waals surface area (Å²) < 4.78 is 30.2. The number of ether oxygens (including phenoxy) is 1. The van der Waals surface area contributed by atoms with Gasteiger partial charge in [0.25, 0.3) is 0 Å². The summed E-state index contributed by atoms with van der Waals surface area (Å²) in [6.45, 7) is 5.32. The Hall–Kier alpha value is -2.81. The molecule has 0 saturated heterocycles. The van der Waals surface area contributed by atoms with Crippen molar-refractivity contribution in [3.63, 3.8) is 0 Å². The largest absolute Gasteiger partial charge is 0.493 e. The van der Waals surface area contributed by atoms with Crippen LogP contribution in [0.1, 0.15) is 80.2 Å². The second-order valence-corrected chi connectivity index (χ2v) is 13.0. The summed E-state index contributed by atoms with van der Waals surface area (Å²) in [4.78, 5) is 14.0. The Bertz CT molecular complexity index is 1310. The Morgan fingerprint density at radius 3 is 2.10 bits per heavy atom. The van der Waals surface area contributed by atoms with Gasteiger partial charge < -0.3 is 15.4 Å². The number of carbonyl (C=O) groups is 1. The minimum absolute atomic E-state index is 0.0137. The van der Waals surface area contributed by atoms with E-state index < -0.39 is 21.6 Å². The molecule has 3 aromatic carbocycles. The van der Waals surface area contributed by atoms with Crippen LogP contribution in [0.3, 0.4) is 0 Å². The number of benzene rings is 3. The minimum atomic E-state index is -1.16. The molecule has 41 heavy (non-hydrogen) atoms. The zero-order valence-electron chi connectivity index (χ0n) is 24.9. The normalized spacial score (nSPS) is 14.2. The van der Waals surface area contributed by atoms with Gasteiger partial charge in [-0.25, -0.2) is 0 Å². The van der Waals surface area contributed by atoms with E-state index in [2.05, 4.69) is 48.7 Å². The number of rotatable bonds is 16. The highest BCUT2D eigenvalue weighted by Gasteiger charge is 2.19. The molecule has 0 spiro atoms. The third-order valence-corrected chi connectivity index (χ3v) is 9.19. The molecule has 3 aromatic rings.